The molecular weight excluding hydrogens is 294 g/mol. The SMILES string of the molecule is O=C(c1cc(-c2ccc(Cl)cc2)n[nH]1)N(CCO)CCO. The summed E-state index contributed by atoms with van der Waals surface area (Å²) in [6, 6.07) is 8.75. The summed E-state index contributed by atoms with van der Waals surface area (Å²) in [6.07, 6.45) is 0. The minimum atomic E-state index is -0.314. The lowest BCUT2D eigenvalue weighted by molar-refractivity contribution is 0.0679. The predicted molar refractivity (Wildman–Crippen MR) is 79.1 cm³/mol. The molecule has 21 heavy (non-hydrogen) atoms. The molecule has 0 aliphatic carbocycles. The number of H-pyrrole nitrogens is 1. The average Bonchev–Trinajstić information content (AvgIpc) is 2.97. The molecule has 112 valence electrons. The average molecular weight is 310 g/mol. The second kappa shape index (κ2) is 7.21. The van der Waals surface area contributed by atoms with E-state index in [1.165, 1.54) is 4.90 Å². The lowest BCUT2D eigenvalue weighted by Crippen LogP contribution is -2.36. The van der Waals surface area contributed by atoms with E-state index in [-0.39, 0.29) is 32.2 Å². The van der Waals surface area contributed by atoms with Crippen molar-refractivity contribution in [2.75, 3.05) is 26.3 Å². The molecule has 7 heteroatoms. The fourth-order valence-corrected chi connectivity index (χ4v) is 2.05. The first-order chi connectivity index (χ1) is 10.2. The van der Waals surface area contributed by atoms with Crippen LogP contribution in [0.3, 0.4) is 0 Å². The molecule has 0 spiro atoms. The van der Waals surface area contributed by atoms with Gasteiger partial charge in [0.2, 0.25) is 0 Å². The second-order valence-corrected chi connectivity index (χ2v) is 4.85. The monoisotopic (exact) mass is 309 g/mol. The fraction of sp³-hybridized carbons (Fsp3) is 0.286. The maximum Gasteiger partial charge on any atom is 0.272 e. The number of carbonyl (C=O) groups excluding carboxylic acids is 1. The van der Waals surface area contributed by atoms with Gasteiger partial charge in [0, 0.05) is 23.7 Å². The molecule has 0 aliphatic heterocycles. The highest BCUT2D eigenvalue weighted by atomic mass is 35.5. The molecule has 0 atom stereocenters. The van der Waals surface area contributed by atoms with Crippen LogP contribution in [-0.4, -0.2) is 57.5 Å². The number of aromatic nitrogens is 2. The normalized spacial score (nSPS) is 10.6. The number of nitrogens with one attached hydrogen (secondary N) is 1. The lowest BCUT2D eigenvalue weighted by atomic mass is 10.1. The Morgan fingerprint density at radius 2 is 1.81 bits per heavy atom. The number of hydrogen-bond donors (Lipinski definition) is 3. The molecule has 1 aromatic heterocycles. The zero-order valence-corrected chi connectivity index (χ0v) is 12.0. The standard InChI is InChI=1S/C14H16ClN3O3/c15-11-3-1-10(2-4-11)12-9-13(17-16-12)14(21)18(5-7-19)6-8-20/h1-4,9,19-20H,5-8H2,(H,16,17). The molecule has 1 heterocycles. The topological polar surface area (TPSA) is 89.5 Å². The quantitative estimate of drug-likeness (QED) is 0.747. The smallest absolute Gasteiger partial charge is 0.272 e. The van der Waals surface area contributed by atoms with Crippen LogP contribution in [0, 0.1) is 0 Å². The van der Waals surface area contributed by atoms with Gasteiger partial charge in [-0.2, -0.15) is 5.10 Å². The third kappa shape index (κ3) is 3.81. The van der Waals surface area contributed by atoms with E-state index in [4.69, 9.17) is 21.8 Å². The molecule has 1 aromatic carbocycles. The lowest BCUT2D eigenvalue weighted by Gasteiger charge is -2.19. The number of nitrogens with zero attached hydrogens (tertiary/aromatic N) is 2. The molecule has 3 N–H and O–H groups in total. The molecule has 6 nitrogen and oxygen atoms in total. The number of aliphatic hydroxyl groups is 2. The van der Waals surface area contributed by atoms with E-state index >= 15 is 0 Å². The molecule has 0 saturated carbocycles. The van der Waals surface area contributed by atoms with Crippen molar-refractivity contribution in [3.05, 3.63) is 41.0 Å². The number of aliphatic hydroxyl groups excluding tert-OH is 2. The Morgan fingerprint density at radius 1 is 1.19 bits per heavy atom. The number of carbonyl (C=O) groups is 1. The van der Waals surface area contributed by atoms with E-state index in [1.807, 2.05) is 12.1 Å². The molecule has 0 unspecified atom stereocenters. The maximum atomic E-state index is 12.2. The summed E-state index contributed by atoms with van der Waals surface area (Å²) in [6.45, 7) is -0.00276. The predicted octanol–water partition coefficient (Wildman–Crippen LogP) is 1.16. The molecule has 0 aliphatic rings. The van der Waals surface area contributed by atoms with Crippen LogP contribution >= 0.6 is 11.6 Å². The number of aromatic amines is 1. The van der Waals surface area contributed by atoms with Crippen LogP contribution in [0.15, 0.2) is 30.3 Å². The Bertz CT molecular complexity index is 592. The van der Waals surface area contributed by atoms with Crippen molar-refractivity contribution >= 4 is 17.5 Å². The molecular formula is C14H16ClN3O3. The van der Waals surface area contributed by atoms with Crippen LogP contribution in [0.25, 0.3) is 11.3 Å². The molecule has 1 amide bonds. The Balaban J connectivity index is 2.18. The second-order valence-electron chi connectivity index (χ2n) is 4.41. The van der Waals surface area contributed by atoms with Crippen molar-refractivity contribution in [3.63, 3.8) is 0 Å². The molecule has 0 bridgehead atoms. The Kier molecular flexibility index (Phi) is 5.32. The summed E-state index contributed by atoms with van der Waals surface area (Å²) in [5, 5.41) is 25.3. The summed E-state index contributed by atoms with van der Waals surface area (Å²) >= 11 is 5.83. The molecule has 0 saturated heterocycles. The van der Waals surface area contributed by atoms with E-state index in [0.717, 1.165) is 5.56 Å². The van der Waals surface area contributed by atoms with Gasteiger partial charge in [-0.25, -0.2) is 0 Å². The number of amides is 1. The van der Waals surface area contributed by atoms with Crippen molar-refractivity contribution in [2.24, 2.45) is 0 Å². The zero-order chi connectivity index (χ0) is 15.2. The van der Waals surface area contributed by atoms with Crippen molar-refractivity contribution in [2.45, 2.75) is 0 Å². The fourth-order valence-electron chi connectivity index (χ4n) is 1.93. The van der Waals surface area contributed by atoms with E-state index in [1.54, 1.807) is 18.2 Å². The van der Waals surface area contributed by atoms with Crippen LogP contribution in [0.2, 0.25) is 5.02 Å². The first-order valence-electron chi connectivity index (χ1n) is 6.48. The van der Waals surface area contributed by atoms with Gasteiger partial charge in [-0.3, -0.25) is 9.89 Å². The van der Waals surface area contributed by atoms with Crippen LogP contribution in [-0.2, 0) is 0 Å². The van der Waals surface area contributed by atoms with Crippen LogP contribution in [0.1, 0.15) is 10.5 Å². The van der Waals surface area contributed by atoms with Gasteiger partial charge < -0.3 is 15.1 Å². The first-order valence-corrected chi connectivity index (χ1v) is 6.86. The van der Waals surface area contributed by atoms with Crippen molar-refractivity contribution < 1.29 is 15.0 Å². The van der Waals surface area contributed by atoms with Gasteiger partial charge in [0.25, 0.3) is 5.91 Å². The van der Waals surface area contributed by atoms with Gasteiger partial charge in [-0.05, 0) is 18.2 Å². The zero-order valence-electron chi connectivity index (χ0n) is 11.3. The molecule has 2 rings (SSSR count). The van der Waals surface area contributed by atoms with E-state index < -0.39 is 0 Å². The highest BCUT2D eigenvalue weighted by molar-refractivity contribution is 6.30. The third-order valence-electron chi connectivity index (χ3n) is 2.98. The Hall–Kier alpha value is -1.89. The molecule has 0 fully saturated rings. The Morgan fingerprint density at radius 3 is 2.38 bits per heavy atom. The summed E-state index contributed by atoms with van der Waals surface area (Å²) in [4.78, 5) is 13.6. The minimum absolute atomic E-state index is 0.161. The van der Waals surface area contributed by atoms with E-state index in [2.05, 4.69) is 10.2 Å². The van der Waals surface area contributed by atoms with Gasteiger partial charge in [-0.1, -0.05) is 23.7 Å². The number of hydrogen-bond acceptors (Lipinski definition) is 4. The van der Waals surface area contributed by atoms with Gasteiger partial charge >= 0.3 is 0 Å². The summed E-state index contributed by atoms with van der Waals surface area (Å²) in [7, 11) is 0. The number of benzene rings is 1. The third-order valence-corrected chi connectivity index (χ3v) is 3.23. The highest BCUT2D eigenvalue weighted by Gasteiger charge is 2.17. The van der Waals surface area contributed by atoms with Crippen LogP contribution < -0.4 is 0 Å². The van der Waals surface area contributed by atoms with Gasteiger partial charge in [0.05, 0.1) is 18.9 Å². The van der Waals surface area contributed by atoms with E-state index in [0.29, 0.717) is 16.4 Å². The van der Waals surface area contributed by atoms with Crippen molar-refractivity contribution in [3.8, 4) is 11.3 Å². The minimum Gasteiger partial charge on any atom is -0.395 e. The van der Waals surface area contributed by atoms with Crippen molar-refractivity contribution in [1.82, 2.24) is 15.1 Å². The van der Waals surface area contributed by atoms with Crippen molar-refractivity contribution in [1.29, 1.82) is 0 Å². The number of rotatable bonds is 6. The Labute approximate surface area is 127 Å². The maximum absolute atomic E-state index is 12.2. The molecule has 2 aromatic rings. The molecule has 0 radical (unpaired) electrons. The first kappa shape index (κ1) is 15.5. The van der Waals surface area contributed by atoms with Gasteiger partial charge in [-0.15, -0.1) is 0 Å². The van der Waals surface area contributed by atoms with E-state index in [9.17, 15) is 4.79 Å². The van der Waals surface area contributed by atoms with Gasteiger partial charge in [0.1, 0.15) is 5.69 Å². The van der Waals surface area contributed by atoms with Crippen LogP contribution in [0.4, 0.5) is 0 Å². The van der Waals surface area contributed by atoms with Crippen LogP contribution in [0.5, 0.6) is 0 Å². The summed E-state index contributed by atoms with van der Waals surface area (Å²) < 4.78 is 0. The highest BCUT2D eigenvalue weighted by Crippen LogP contribution is 2.20. The largest absolute Gasteiger partial charge is 0.395 e. The number of halogens is 1. The van der Waals surface area contributed by atoms with Gasteiger partial charge in [0.15, 0.2) is 0 Å². The summed E-state index contributed by atoms with van der Waals surface area (Å²) in [5.74, 6) is -0.314. The summed E-state index contributed by atoms with van der Waals surface area (Å²) in [5.41, 5.74) is 1.77.